The number of aromatic nitrogens is 2. The quantitative estimate of drug-likeness (QED) is 0.232. The van der Waals surface area contributed by atoms with Crippen molar-refractivity contribution >= 4 is 37.3 Å². The van der Waals surface area contributed by atoms with E-state index >= 15 is 4.39 Å². The molecule has 0 amide bonds. The van der Waals surface area contributed by atoms with E-state index in [9.17, 15) is 32.3 Å². The van der Waals surface area contributed by atoms with Crippen LogP contribution >= 0.6 is 11.3 Å². The zero-order valence-corrected chi connectivity index (χ0v) is 25.8. The molecule has 0 spiro atoms. The van der Waals surface area contributed by atoms with Crippen LogP contribution in [0.5, 0.6) is 11.9 Å². The second kappa shape index (κ2) is 12.9. The van der Waals surface area contributed by atoms with Crippen LogP contribution in [-0.4, -0.2) is 77.7 Å². The zero-order valence-electron chi connectivity index (χ0n) is 25.0. The van der Waals surface area contributed by atoms with Gasteiger partial charge in [-0.3, -0.25) is 4.90 Å². The van der Waals surface area contributed by atoms with Crippen molar-refractivity contribution in [1.82, 2.24) is 20.2 Å². The average Bonchev–Trinajstić information content (AvgIpc) is 3.81. The fraction of sp³-hybridized carbons (Fsp3) is 0.452. The van der Waals surface area contributed by atoms with Crippen molar-refractivity contribution in [3.63, 3.8) is 0 Å². The predicted molar refractivity (Wildman–Crippen MR) is 163 cm³/mol. The second-order valence-corrected chi connectivity index (χ2v) is 12.6. The van der Waals surface area contributed by atoms with Gasteiger partial charge < -0.3 is 25.6 Å². The topological polar surface area (TPSA) is 130 Å². The van der Waals surface area contributed by atoms with Gasteiger partial charge in [-0.25, -0.2) is 13.2 Å². The molecule has 250 valence electrons. The van der Waals surface area contributed by atoms with Gasteiger partial charge in [-0.2, -0.15) is 28.4 Å². The van der Waals surface area contributed by atoms with E-state index in [1.54, 1.807) is 6.07 Å². The summed E-state index contributed by atoms with van der Waals surface area (Å²) < 4.78 is 97.4. The SMILES string of the molecule is COc1nc(OC2CCNC2CO)c2cc(C(F)(F)F)c(-c3ccc(F)c4sc(N)c(C#N)c34)c(F)c2n1.FC1CC2CCCN2C1. The lowest BCUT2D eigenvalue weighted by Gasteiger charge is -2.21. The van der Waals surface area contributed by atoms with E-state index in [0.29, 0.717) is 43.0 Å². The second-order valence-electron chi connectivity index (χ2n) is 11.6. The number of alkyl halides is 4. The standard InChI is InChI=1S/C24H18F5N5O3S.C7H12FN/c1-36-23-33-19-10(22(34-23)37-15-4-5-32-14(15)8-35)6-12(24(27,28)29)17(18(19)26)9-2-3-13(25)20-16(9)11(7-30)21(31)38-20;8-6-4-7-2-1-3-9(7)5-6/h2-3,6,14-15,32,35H,4-5,8,31H2,1H3;6-7H,1-5H2. The molecule has 0 saturated carbocycles. The molecule has 3 aliphatic heterocycles. The van der Waals surface area contributed by atoms with Gasteiger partial charge in [-0.05, 0) is 56.5 Å². The Bertz CT molecular complexity index is 1850. The highest BCUT2D eigenvalue weighted by molar-refractivity contribution is 7.23. The molecule has 4 unspecified atom stereocenters. The van der Waals surface area contributed by atoms with E-state index in [4.69, 9.17) is 15.2 Å². The maximum Gasteiger partial charge on any atom is 0.417 e. The minimum Gasteiger partial charge on any atom is -0.472 e. The van der Waals surface area contributed by atoms with Crippen molar-refractivity contribution in [3.8, 4) is 29.1 Å². The number of fused-ring (bicyclic) bond motifs is 3. The fourth-order valence-electron chi connectivity index (χ4n) is 6.59. The third-order valence-electron chi connectivity index (χ3n) is 8.77. The number of nitrogens with two attached hydrogens (primary N) is 1. The molecule has 9 nitrogen and oxygen atoms in total. The van der Waals surface area contributed by atoms with Gasteiger partial charge in [0, 0.05) is 23.5 Å². The lowest BCUT2D eigenvalue weighted by atomic mass is 9.92. The molecule has 16 heteroatoms. The summed E-state index contributed by atoms with van der Waals surface area (Å²) in [6.07, 6.45) is -2.52. The van der Waals surface area contributed by atoms with Crippen LogP contribution in [0.2, 0.25) is 0 Å². The first-order valence-corrected chi connectivity index (χ1v) is 15.7. The molecule has 0 aliphatic carbocycles. The number of aliphatic hydroxyl groups excluding tert-OH is 1. The van der Waals surface area contributed by atoms with E-state index in [1.165, 1.54) is 20.0 Å². The van der Waals surface area contributed by atoms with Crippen LogP contribution in [0.15, 0.2) is 18.2 Å². The van der Waals surface area contributed by atoms with E-state index in [2.05, 4.69) is 20.2 Å². The van der Waals surface area contributed by atoms with Gasteiger partial charge >= 0.3 is 12.2 Å². The molecular formula is C31H30F6N6O3S. The maximum absolute atomic E-state index is 16.2. The van der Waals surface area contributed by atoms with Crippen molar-refractivity contribution in [3.05, 3.63) is 41.0 Å². The van der Waals surface area contributed by atoms with E-state index in [1.807, 2.05) is 0 Å². The van der Waals surface area contributed by atoms with Crippen LogP contribution in [0.3, 0.4) is 0 Å². The van der Waals surface area contributed by atoms with Crippen molar-refractivity contribution < 1.29 is 40.9 Å². The molecule has 3 saturated heterocycles. The summed E-state index contributed by atoms with van der Waals surface area (Å²) in [7, 11) is 1.19. The van der Waals surface area contributed by atoms with Crippen LogP contribution < -0.4 is 20.5 Å². The van der Waals surface area contributed by atoms with Gasteiger partial charge in [0.05, 0.1) is 41.0 Å². The van der Waals surface area contributed by atoms with Crippen LogP contribution in [0, 0.1) is 23.0 Å². The Morgan fingerprint density at radius 3 is 2.70 bits per heavy atom. The van der Waals surface area contributed by atoms with E-state index in [-0.39, 0.29) is 50.1 Å². The minimum atomic E-state index is -5.08. The number of halogens is 6. The predicted octanol–water partition coefficient (Wildman–Crippen LogP) is 5.57. The number of anilines is 1. The van der Waals surface area contributed by atoms with Gasteiger partial charge in [0.15, 0.2) is 5.82 Å². The fourth-order valence-corrected chi connectivity index (χ4v) is 7.54. The Labute approximate surface area is 268 Å². The summed E-state index contributed by atoms with van der Waals surface area (Å²) >= 11 is 0.675. The van der Waals surface area contributed by atoms with Crippen LogP contribution in [0.4, 0.5) is 31.3 Å². The van der Waals surface area contributed by atoms with Crippen LogP contribution in [0.25, 0.3) is 32.1 Å². The number of nitrogens with one attached hydrogen (secondary N) is 1. The van der Waals surface area contributed by atoms with Crippen molar-refractivity contribution in [2.45, 2.75) is 56.2 Å². The molecule has 0 radical (unpaired) electrons. The lowest BCUT2D eigenvalue weighted by Crippen LogP contribution is -2.37. The Kier molecular flexibility index (Phi) is 9.09. The highest BCUT2D eigenvalue weighted by Gasteiger charge is 2.39. The number of rotatable bonds is 5. The minimum absolute atomic E-state index is 0.119. The van der Waals surface area contributed by atoms with E-state index < -0.39 is 52.8 Å². The molecule has 5 heterocycles. The Balaban J connectivity index is 0.000000366. The number of ether oxygens (including phenoxy) is 2. The van der Waals surface area contributed by atoms with Gasteiger partial charge in [0.2, 0.25) is 5.88 Å². The van der Waals surface area contributed by atoms with Crippen LogP contribution in [-0.2, 0) is 6.18 Å². The molecule has 7 rings (SSSR count). The summed E-state index contributed by atoms with van der Waals surface area (Å²) in [4.78, 5) is 10.2. The summed E-state index contributed by atoms with van der Waals surface area (Å²) in [6, 6.07) is 4.00. The zero-order chi connectivity index (χ0) is 33.6. The highest BCUT2D eigenvalue weighted by atomic mass is 32.1. The number of nitriles is 1. The smallest absolute Gasteiger partial charge is 0.417 e. The highest BCUT2D eigenvalue weighted by Crippen LogP contribution is 2.48. The number of benzene rings is 2. The monoisotopic (exact) mass is 680 g/mol. The summed E-state index contributed by atoms with van der Waals surface area (Å²) in [5, 5.41) is 21.4. The third-order valence-corrected chi connectivity index (χ3v) is 9.79. The Hall–Kier alpha value is -3.91. The number of nitrogens with zero attached hydrogens (tertiary/aromatic N) is 4. The number of hydrogen-bond donors (Lipinski definition) is 3. The molecule has 3 aliphatic rings. The largest absolute Gasteiger partial charge is 0.472 e. The van der Waals surface area contributed by atoms with Crippen LogP contribution in [0.1, 0.15) is 36.8 Å². The maximum atomic E-state index is 16.2. The van der Waals surface area contributed by atoms with Crippen molar-refractivity contribution in [2.24, 2.45) is 0 Å². The third kappa shape index (κ3) is 6.13. The summed E-state index contributed by atoms with van der Waals surface area (Å²) in [5.74, 6) is -2.58. The molecule has 47 heavy (non-hydrogen) atoms. The van der Waals surface area contributed by atoms with Crippen molar-refractivity contribution in [1.29, 1.82) is 5.26 Å². The normalized spacial score (nSPS) is 22.7. The molecule has 0 bridgehead atoms. The number of hydrogen-bond acceptors (Lipinski definition) is 10. The molecule has 2 aromatic carbocycles. The Morgan fingerprint density at radius 1 is 1.23 bits per heavy atom. The van der Waals surface area contributed by atoms with Gasteiger partial charge in [0.1, 0.15) is 34.7 Å². The van der Waals surface area contributed by atoms with Crippen molar-refractivity contribution in [2.75, 3.05) is 39.1 Å². The Morgan fingerprint density at radius 2 is 2.02 bits per heavy atom. The number of methoxy groups -OCH3 is 1. The lowest BCUT2D eigenvalue weighted by molar-refractivity contribution is -0.137. The number of nitrogen functional groups attached to an aromatic ring is 1. The number of aliphatic hydroxyl groups is 1. The summed E-state index contributed by atoms with van der Waals surface area (Å²) in [6.45, 7) is 2.03. The molecule has 3 fully saturated rings. The van der Waals surface area contributed by atoms with E-state index in [0.717, 1.165) is 25.1 Å². The molecule has 4 aromatic rings. The average molecular weight is 681 g/mol. The molecule has 4 N–H and O–H groups in total. The van der Waals surface area contributed by atoms with Gasteiger partial charge in [-0.1, -0.05) is 6.07 Å². The van der Waals surface area contributed by atoms with Gasteiger partial charge in [-0.15, -0.1) is 11.3 Å². The first-order valence-electron chi connectivity index (χ1n) is 14.9. The first kappa shape index (κ1) is 33.0. The first-order chi connectivity index (χ1) is 22.4. The molecule has 2 aromatic heterocycles. The summed E-state index contributed by atoms with van der Waals surface area (Å²) in [5.41, 5.74) is 2.30. The molecule has 4 atom stereocenters. The number of thiophene rings is 1. The van der Waals surface area contributed by atoms with Gasteiger partial charge in [0.25, 0.3) is 0 Å². The molecular weight excluding hydrogens is 650 g/mol.